The predicted octanol–water partition coefficient (Wildman–Crippen LogP) is 1.89. The molecule has 3 rings (SSSR count). The Morgan fingerprint density at radius 2 is 1.67 bits per heavy atom. The van der Waals surface area contributed by atoms with Crippen LogP contribution in [0.5, 0.6) is 11.5 Å². The number of hydrogen-bond acceptors (Lipinski definition) is 5. The van der Waals surface area contributed by atoms with Crippen molar-refractivity contribution in [2.75, 3.05) is 18.9 Å². The van der Waals surface area contributed by atoms with Gasteiger partial charge in [0.1, 0.15) is 0 Å². The fraction of sp³-hybridized carbons (Fsp3) is 0.231. The SMILES string of the molecule is Nc1ncc(-c2ccc3c(c2)OCCCO3)cn1. The minimum Gasteiger partial charge on any atom is -0.490 e. The van der Waals surface area contributed by atoms with Gasteiger partial charge in [-0.15, -0.1) is 0 Å². The Morgan fingerprint density at radius 1 is 0.944 bits per heavy atom. The minimum atomic E-state index is 0.271. The summed E-state index contributed by atoms with van der Waals surface area (Å²) in [5, 5.41) is 0. The fourth-order valence-corrected chi connectivity index (χ4v) is 1.83. The van der Waals surface area contributed by atoms with Crippen LogP contribution in [0.4, 0.5) is 5.95 Å². The molecule has 0 spiro atoms. The molecule has 2 aromatic rings. The zero-order valence-corrected chi connectivity index (χ0v) is 9.80. The summed E-state index contributed by atoms with van der Waals surface area (Å²) in [6, 6.07) is 5.81. The topological polar surface area (TPSA) is 70.3 Å². The average Bonchev–Trinajstić information content (AvgIpc) is 2.64. The fourth-order valence-electron chi connectivity index (χ4n) is 1.83. The summed E-state index contributed by atoms with van der Waals surface area (Å²) in [4.78, 5) is 7.96. The van der Waals surface area contributed by atoms with Crippen LogP contribution >= 0.6 is 0 Å². The van der Waals surface area contributed by atoms with Gasteiger partial charge in [0.05, 0.1) is 13.2 Å². The zero-order chi connectivity index (χ0) is 12.4. The van der Waals surface area contributed by atoms with Crippen molar-refractivity contribution in [2.45, 2.75) is 6.42 Å². The van der Waals surface area contributed by atoms with Gasteiger partial charge in [-0.25, -0.2) is 9.97 Å². The van der Waals surface area contributed by atoms with Crippen molar-refractivity contribution in [2.24, 2.45) is 0 Å². The molecule has 0 saturated heterocycles. The largest absolute Gasteiger partial charge is 0.490 e. The Bertz CT molecular complexity index is 555. The summed E-state index contributed by atoms with van der Waals surface area (Å²) < 4.78 is 11.2. The Kier molecular flexibility index (Phi) is 2.72. The number of nitrogens with zero attached hydrogens (tertiary/aromatic N) is 2. The molecule has 0 radical (unpaired) electrons. The van der Waals surface area contributed by atoms with E-state index in [0.717, 1.165) is 29.0 Å². The van der Waals surface area contributed by atoms with Crippen LogP contribution in [0.2, 0.25) is 0 Å². The molecule has 5 heteroatoms. The number of benzene rings is 1. The van der Waals surface area contributed by atoms with Crippen molar-refractivity contribution >= 4 is 5.95 Å². The van der Waals surface area contributed by atoms with Crippen LogP contribution < -0.4 is 15.2 Å². The molecule has 2 heterocycles. The number of nitrogens with two attached hydrogens (primary N) is 1. The molecule has 0 unspecified atom stereocenters. The van der Waals surface area contributed by atoms with E-state index in [1.807, 2.05) is 18.2 Å². The Balaban J connectivity index is 1.98. The van der Waals surface area contributed by atoms with E-state index < -0.39 is 0 Å². The van der Waals surface area contributed by atoms with Crippen molar-refractivity contribution in [1.29, 1.82) is 0 Å². The van der Waals surface area contributed by atoms with Crippen molar-refractivity contribution in [1.82, 2.24) is 9.97 Å². The molecule has 18 heavy (non-hydrogen) atoms. The lowest BCUT2D eigenvalue weighted by molar-refractivity contribution is 0.297. The maximum Gasteiger partial charge on any atom is 0.219 e. The van der Waals surface area contributed by atoms with Gasteiger partial charge in [0.25, 0.3) is 0 Å². The molecule has 1 aliphatic rings. The number of anilines is 1. The van der Waals surface area contributed by atoms with Gasteiger partial charge in [0.15, 0.2) is 11.5 Å². The van der Waals surface area contributed by atoms with Gasteiger partial charge < -0.3 is 15.2 Å². The highest BCUT2D eigenvalue weighted by atomic mass is 16.5. The highest BCUT2D eigenvalue weighted by Gasteiger charge is 2.11. The first-order valence-corrected chi connectivity index (χ1v) is 5.80. The Morgan fingerprint density at radius 3 is 2.44 bits per heavy atom. The minimum absolute atomic E-state index is 0.271. The lowest BCUT2D eigenvalue weighted by atomic mass is 10.1. The maximum atomic E-state index is 5.64. The number of nitrogen functional groups attached to an aromatic ring is 1. The van der Waals surface area contributed by atoms with E-state index in [0.29, 0.717) is 13.2 Å². The molecule has 0 saturated carbocycles. The lowest BCUT2D eigenvalue weighted by Gasteiger charge is -2.09. The molecule has 1 aromatic carbocycles. The van der Waals surface area contributed by atoms with E-state index in [1.165, 1.54) is 0 Å². The van der Waals surface area contributed by atoms with Gasteiger partial charge in [-0.3, -0.25) is 0 Å². The summed E-state index contributed by atoms with van der Waals surface area (Å²) >= 11 is 0. The van der Waals surface area contributed by atoms with Crippen LogP contribution in [-0.2, 0) is 0 Å². The van der Waals surface area contributed by atoms with Gasteiger partial charge in [-0.05, 0) is 17.7 Å². The third-order valence-electron chi connectivity index (χ3n) is 2.75. The Hall–Kier alpha value is -2.30. The summed E-state index contributed by atoms with van der Waals surface area (Å²) in [6.45, 7) is 1.37. The van der Waals surface area contributed by atoms with Crippen LogP contribution in [0.15, 0.2) is 30.6 Å². The van der Waals surface area contributed by atoms with Gasteiger partial charge in [-0.1, -0.05) is 6.07 Å². The third kappa shape index (κ3) is 2.07. The average molecular weight is 243 g/mol. The van der Waals surface area contributed by atoms with Crippen molar-refractivity contribution in [3.05, 3.63) is 30.6 Å². The number of ether oxygens (including phenoxy) is 2. The zero-order valence-electron chi connectivity index (χ0n) is 9.80. The van der Waals surface area contributed by atoms with E-state index in [9.17, 15) is 0 Å². The first kappa shape index (κ1) is 10.8. The first-order chi connectivity index (χ1) is 8.83. The van der Waals surface area contributed by atoms with E-state index in [1.54, 1.807) is 12.4 Å². The monoisotopic (exact) mass is 243 g/mol. The van der Waals surface area contributed by atoms with Gasteiger partial charge in [-0.2, -0.15) is 0 Å². The smallest absolute Gasteiger partial charge is 0.219 e. The maximum absolute atomic E-state index is 5.64. The quantitative estimate of drug-likeness (QED) is 0.828. The van der Waals surface area contributed by atoms with E-state index in [4.69, 9.17) is 15.2 Å². The second-order valence-electron chi connectivity index (χ2n) is 4.04. The molecule has 0 bridgehead atoms. The molecular weight excluding hydrogens is 230 g/mol. The summed E-state index contributed by atoms with van der Waals surface area (Å²) in [5.74, 6) is 1.82. The van der Waals surface area contributed by atoms with Crippen LogP contribution in [0.25, 0.3) is 11.1 Å². The van der Waals surface area contributed by atoms with Crippen LogP contribution in [0.1, 0.15) is 6.42 Å². The summed E-state index contributed by atoms with van der Waals surface area (Å²) in [7, 11) is 0. The number of fused-ring (bicyclic) bond motifs is 1. The normalized spacial score (nSPS) is 14.0. The second-order valence-corrected chi connectivity index (χ2v) is 4.04. The first-order valence-electron chi connectivity index (χ1n) is 5.80. The number of hydrogen-bond donors (Lipinski definition) is 1. The molecule has 0 amide bonds. The molecular formula is C13H13N3O2. The molecule has 2 N–H and O–H groups in total. The van der Waals surface area contributed by atoms with Gasteiger partial charge >= 0.3 is 0 Å². The van der Waals surface area contributed by atoms with Crippen molar-refractivity contribution in [3.63, 3.8) is 0 Å². The molecule has 0 aliphatic carbocycles. The summed E-state index contributed by atoms with van der Waals surface area (Å²) in [5.41, 5.74) is 7.36. The van der Waals surface area contributed by atoms with E-state index in [2.05, 4.69) is 9.97 Å². The lowest BCUT2D eigenvalue weighted by Crippen LogP contribution is -1.97. The van der Waals surface area contributed by atoms with E-state index in [-0.39, 0.29) is 5.95 Å². The molecule has 0 atom stereocenters. The molecule has 1 aromatic heterocycles. The van der Waals surface area contributed by atoms with Crippen LogP contribution in [0.3, 0.4) is 0 Å². The van der Waals surface area contributed by atoms with Crippen LogP contribution in [0, 0.1) is 0 Å². The van der Waals surface area contributed by atoms with Gasteiger partial charge in [0.2, 0.25) is 5.95 Å². The van der Waals surface area contributed by atoms with Gasteiger partial charge in [0, 0.05) is 24.4 Å². The number of rotatable bonds is 1. The highest BCUT2D eigenvalue weighted by Crippen LogP contribution is 2.33. The highest BCUT2D eigenvalue weighted by molar-refractivity contribution is 5.66. The molecule has 92 valence electrons. The molecule has 0 fully saturated rings. The Labute approximate surface area is 105 Å². The second kappa shape index (κ2) is 4.52. The molecule has 5 nitrogen and oxygen atoms in total. The number of aromatic nitrogens is 2. The van der Waals surface area contributed by atoms with Crippen molar-refractivity contribution < 1.29 is 9.47 Å². The van der Waals surface area contributed by atoms with Crippen LogP contribution in [-0.4, -0.2) is 23.2 Å². The van der Waals surface area contributed by atoms with Crippen molar-refractivity contribution in [3.8, 4) is 22.6 Å². The summed E-state index contributed by atoms with van der Waals surface area (Å²) in [6.07, 6.45) is 4.29. The predicted molar refractivity (Wildman–Crippen MR) is 67.5 cm³/mol. The third-order valence-corrected chi connectivity index (χ3v) is 2.75. The molecule has 1 aliphatic heterocycles. The standard InChI is InChI=1S/C13H13N3O2/c14-13-15-7-10(8-16-13)9-2-3-11-12(6-9)18-5-1-4-17-11/h2-3,6-8H,1,4-5H2,(H2,14,15,16). The van der Waals surface area contributed by atoms with E-state index >= 15 is 0 Å².